The molecule has 0 saturated carbocycles. The highest BCUT2D eigenvalue weighted by Gasteiger charge is 2.11. The molecule has 16 heavy (non-hydrogen) atoms. The molecule has 2 heterocycles. The lowest BCUT2D eigenvalue weighted by Gasteiger charge is -2.10. The van der Waals surface area contributed by atoms with E-state index in [0.717, 1.165) is 18.5 Å². The number of rotatable bonds is 4. The lowest BCUT2D eigenvalue weighted by Crippen LogP contribution is -2.16. The second-order valence-corrected chi connectivity index (χ2v) is 5.16. The topological polar surface area (TPSA) is 43.8 Å². The molecule has 0 spiro atoms. The van der Waals surface area contributed by atoms with E-state index in [1.807, 2.05) is 29.1 Å². The first-order valence-corrected chi connectivity index (χ1v) is 6.33. The molecule has 0 bridgehead atoms. The lowest BCUT2D eigenvalue weighted by molar-refractivity contribution is 0.620. The molecule has 0 amide bonds. The van der Waals surface area contributed by atoms with Gasteiger partial charge in [-0.05, 0) is 24.6 Å². The molecule has 0 fully saturated rings. The number of hydrogen-bond acceptors (Lipinski definition) is 3. The Bertz CT molecular complexity index is 458. The van der Waals surface area contributed by atoms with Crippen LogP contribution in [-0.2, 0) is 19.9 Å². The van der Waals surface area contributed by atoms with Crippen molar-refractivity contribution in [2.24, 2.45) is 12.8 Å². The van der Waals surface area contributed by atoms with Gasteiger partial charge in [-0.3, -0.25) is 4.68 Å². The molecular weight excluding hydrogens is 218 g/mol. The van der Waals surface area contributed by atoms with Gasteiger partial charge in [0.25, 0.3) is 0 Å². The van der Waals surface area contributed by atoms with Crippen molar-refractivity contribution in [1.29, 1.82) is 0 Å². The van der Waals surface area contributed by atoms with Crippen molar-refractivity contribution in [2.75, 3.05) is 0 Å². The summed E-state index contributed by atoms with van der Waals surface area (Å²) in [5.74, 6) is 0. The first-order valence-electron chi connectivity index (χ1n) is 5.51. The van der Waals surface area contributed by atoms with Crippen LogP contribution in [0.4, 0.5) is 0 Å². The molecule has 0 saturated heterocycles. The van der Waals surface area contributed by atoms with Gasteiger partial charge in [-0.15, -0.1) is 11.3 Å². The van der Waals surface area contributed by atoms with Crippen molar-refractivity contribution in [3.8, 4) is 0 Å². The van der Waals surface area contributed by atoms with E-state index in [2.05, 4.69) is 24.2 Å². The molecule has 3 nitrogen and oxygen atoms in total. The summed E-state index contributed by atoms with van der Waals surface area (Å²) >= 11 is 1.85. The highest BCUT2D eigenvalue weighted by molar-refractivity contribution is 7.11. The highest BCUT2D eigenvalue weighted by atomic mass is 32.1. The van der Waals surface area contributed by atoms with Crippen molar-refractivity contribution < 1.29 is 0 Å². The van der Waals surface area contributed by atoms with Gasteiger partial charge in [0.2, 0.25) is 0 Å². The third-order valence-corrected chi connectivity index (χ3v) is 3.98. The summed E-state index contributed by atoms with van der Waals surface area (Å²) in [6.45, 7) is 2.18. The summed E-state index contributed by atoms with van der Waals surface area (Å²) in [6, 6.07) is 6.39. The fraction of sp³-hybridized carbons (Fsp3) is 0.417. The fourth-order valence-electron chi connectivity index (χ4n) is 1.79. The zero-order valence-corrected chi connectivity index (χ0v) is 10.5. The average Bonchev–Trinajstić information content (AvgIpc) is 2.86. The molecular formula is C12H17N3S. The minimum absolute atomic E-state index is 0.0378. The number of nitrogens with zero attached hydrogens (tertiary/aromatic N) is 2. The van der Waals surface area contributed by atoms with Crippen LogP contribution < -0.4 is 5.73 Å². The van der Waals surface area contributed by atoms with Crippen LogP contribution in [0.5, 0.6) is 0 Å². The number of hydrogen-bond donors (Lipinski definition) is 1. The van der Waals surface area contributed by atoms with Crippen molar-refractivity contribution in [3.63, 3.8) is 0 Å². The smallest absolute Gasteiger partial charge is 0.0551 e. The van der Waals surface area contributed by atoms with Crippen LogP contribution in [0.15, 0.2) is 24.4 Å². The molecule has 2 rings (SSSR count). The van der Waals surface area contributed by atoms with Crippen LogP contribution in [0.1, 0.15) is 28.4 Å². The van der Waals surface area contributed by atoms with Gasteiger partial charge >= 0.3 is 0 Å². The van der Waals surface area contributed by atoms with E-state index in [1.54, 1.807) is 6.20 Å². The van der Waals surface area contributed by atoms with Gasteiger partial charge in [0, 0.05) is 29.4 Å². The van der Waals surface area contributed by atoms with Gasteiger partial charge in [-0.2, -0.15) is 5.10 Å². The first-order chi connectivity index (χ1) is 7.70. The Morgan fingerprint density at radius 1 is 1.38 bits per heavy atom. The van der Waals surface area contributed by atoms with Gasteiger partial charge in [-0.25, -0.2) is 0 Å². The number of nitrogens with two attached hydrogens (primary N) is 1. The van der Waals surface area contributed by atoms with Gasteiger partial charge in [-0.1, -0.05) is 6.92 Å². The van der Waals surface area contributed by atoms with Crippen LogP contribution in [-0.4, -0.2) is 9.78 Å². The molecule has 0 radical (unpaired) electrons. The molecule has 2 aromatic heterocycles. The van der Waals surface area contributed by atoms with E-state index in [0.29, 0.717) is 0 Å². The van der Waals surface area contributed by atoms with Gasteiger partial charge in [0.1, 0.15) is 0 Å². The summed E-state index contributed by atoms with van der Waals surface area (Å²) in [5.41, 5.74) is 7.26. The standard InChI is InChI=1S/C12H17N3S/c1-3-9-4-5-10(16-9)8-11(13)12-6-7-14-15(12)2/h4-7,11H,3,8,13H2,1-2H3. The zero-order valence-electron chi connectivity index (χ0n) is 9.68. The van der Waals surface area contributed by atoms with E-state index in [-0.39, 0.29) is 6.04 Å². The van der Waals surface area contributed by atoms with E-state index < -0.39 is 0 Å². The van der Waals surface area contributed by atoms with Crippen molar-refractivity contribution in [1.82, 2.24) is 9.78 Å². The van der Waals surface area contributed by atoms with Gasteiger partial charge < -0.3 is 5.73 Å². The Balaban J connectivity index is 2.07. The Labute approximate surface area is 99.9 Å². The molecule has 1 unspecified atom stereocenters. The van der Waals surface area contributed by atoms with Crippen LogP contribution in [0, 0.1) is 0 Å². The highest BCUT2D eigenvalue weighted by Crippen LogP contribution is 2.22. The Morgan fingerprint density at radius 2 is 2.12 bits per heavy atom. The summed E-state index contributed by atoms with van der Waals surface area (Å²) in [6.07, 6.45) is 3.79. The van der Waals surface area contributed by atoms with E-state index in [1.165, 1.54) is 9.75 Å². The predicted octanol–water partition coefficient (Wildman–Crippen LogP) is 2.29. The molecule has 0 aliphatic rings. The maximum Gasteiger partial charge on any atom is 0.0551 e. The zero-order chi connectivity index (χ0) is 11.5. The van der Waals surface area contributed by atoms with Crippen LogP contribution in [0.3, 0.4) is 0 Å². The van der Waals surface area contributed by atoms with Gasteiger partial charge in [0.05, 0.1) is 11.7 Å². The molecule has 1 atom stereocenters. The number of aromatic nitrogens is 2. The van der Waals surface area contributed by atoms with Crippen molar-refractivity contribution >= 4 is 11.3 Å². The van der Waals surface area contributed by atoms with E-state index in [4.69, 9.17) is 5.73 Å². The van der Waals surface area contributed by atoms with E-state index in [9.17, 15) is 0 Å². The first kappa shape index (κ1) is 11.4. The minimum atomic E-state index is 0.0378. The molecule has 2 N–H and O–H groups in total. The lowest BCUT2D eigenvalue weighted by atomic mass is 10.1. The Morgan fingerprint density at radius 3 is 2.69 bits per heavy atom. The maximum absolute atomic E-state index is 6.17. The van der Waals surface area contributed by atoms with E-state index >= 15 is 0 Å². The average molecular weight is 235 g/mol. The second kappa shape index (κ2) is 4.80. The molecule has 0 aliphatic carbocycles. The van der Waals surface area contributed by atoms with Gasteiger partial charge in [0.15, 0.2) is 0 Å². The van der Waals surface area contributed by atoms with Crippen LogP contribution in [0.25, 0.3) is 0 Å². The number of thiophene rings is 1. The molecule has 0 aliphatic heterocycles. The summed E-state index contributed by atoms with van der Waals surface area (Å²) < 4.78 is 1.85. The van der Waals surface area contributed by atoms with Crippen LogP contribution in [0.2, 0.25) is 0 Å². The minimum Gasteiger partial charge on any atom is -0.322 e. The van der Waals surface area contributed by atoms with Crippen molar-refractivity contribution in [3.05, 3.63) is 39.8 Å². The summed E-state index contributed by atoms with van der Waals surface area (Å²) in [7, 11) is 1.93. The summed E-state index contributed by atoms with van der Waals surface area (Å²) in [4.78, 5) is 2.78. The predicted molar refractivity (Wildman–Crippen MR) is 67.5 cm³/mol. The summed E-state index contributed by atoms with van der Waals surface area (Å²) in [5, 5.41) is 4.14. The third-order valence-electron chi connectivity index (χ3n) is 2.73. The third kappa shape index (κ3) is 2.33. The van der Waals surface area contributed by atoms with Crippen LogP contribution >= 0.6 is 11.3 Å². The normalized spacial score (nSPS) is 12.9. The maximum atomic E-state index is 6.17. The second-order valence-electron chi connectivity index (χ2n) is 3.91. The fourth-order valence-corrected chi connectivity index (χ4v) is 2.81. The molecule has 0 aromatic carbocycles. The Hall–Kier alpha value is -1.13. The monoisotopic (exact) mass is 235 g/mol. The SMILES string of the molecule is CCc1ccc(CC(N)c2ccnn2C)s1. The molecule has 4 heteroatoms. The quantitative estimate of drug-likeness (QED) is 0.883. The molecule has 2 aromatic rings. The molecule has 86 valence electrons. The Kier molecular flexibility index (Phi) is 3.41. The number of aryl methyl sites for hydroxylation is 2. The van der Waals surface area contributed by atoms with Crippen molar-refractivity contribution in [2.45, 2.75) is 25.8 Å². The largest absolute Gasteiger partial charge is 0.322 e.